The molecule has 0 atom stereocenters. The summed E-state index contributed by atoms with van der Waals surface area (Å²) in [4.78, 5) is 26.7. The number of nitro benzene ring substituents is 1. The van der Waals surface area contributed by atoms with E-state index < -0.39 is 4.92 Å². The highest BCUT2D eigenvalue weighted by molar-refractivity contribution is 6.02. The molecule has 7 nitrogen and oxygen atoms in total. The van der Waals surface area contributed by atoms with Gasteiger partial charge in [-0.3, -0.25) is 14.9 Å². The minimum absolute atomic E-state index is 0.0262. The number of ether oxygens (including phenoxy) is 1. The third kappa shape index (κ3) is 3.35. The third-order valence-electron chi connectivity index (χ3n) is 3.87. The Hall–Kier alpha value is -3.22. The first-order chi connectivity index (χ1) is 12.0. The lowest BCUT2D eigenvalue weighted by Crippen LogP contribution is -2.13. The lowest BCUT2D eigenvalue weighted by molar-refractivity contribution is -0.382. The zero-order valence-corrected chi connectivity index (χ0v) is 13.9. The van der Waals surface area contributed by atoms with Crippen LogP contribution in [0, 0.1) is 17.0 Å². The van der Waals surface area contributed by atoms with Crippen molar-refractivity contribution in [2.75, 3.05) is 18.5 Å². The van der Waals surface area contributed by atoms with Gasteiger partial charge in [-0.25, -0.2) is 4.98 Å². The topological polar surface area (TPSA) is 94.4 Å². The first-order valence-electron chi connectivity index (χ1n) is 7.82. The summed E-state index contributed by atoms with van der Waals surface area (Å²) in [7, 11) is 0. The smallest absolute Gasteiger partial charge is 0.302 e. The van der Waals surface area contributed by atoms with E-state index >= 15 is 0 Å². The van der Waals surface area contributed by atoms with Crippen molar-refractivity contribution < 1.29 is 14.5 Å². The van der Waals surface area contributed by atoms with E-state index in [1.54, 1.807) is 12.1 Å². The summed E-state index contributed by atoms with van der Waals surface area (Å²) in [6.07, 6.45) is 0. The van der Waals surface area contributed by atoms with Gasteiger partial charge >= 0.3 is 11.7 Å². The van der Waals surface area contributed by atoms with E-state index in [9.17, 15) is 14.9 Å². The summed E-state index contributed by atoms with van der Waals surface area (Å²) in [5.74, 6) is -0.387. The van der Waals surface area contributed by atoms with Gasteiger partial charge in [-0.1, -0.05) is 18.2 Å². The Labute approximate surface area is 143 Å². The number of nitrogens with zero attached hydrogens (tertiary/aromatic N) is 2. The molecule has 25 heavy (non-hydrogen) atoms. The van der Waals surface area contributed by atoms with Crippen molar-refractivity contribution in [3.8, 4) is 0 Å². The number of para-hydroxylation sites is 1. The molecule has 2 aromatic carbocycles. The van der Waals surface area contributed by atoms with Gasteiger partial charge < -0.3 is 10.1 Å². The number of nitrogens with one attached hydrogen (secondary N) is 1. The number of aromatic nitrogens is 1. The second-order valence-electron chi connectivity index (χ2n) is 5.69. The summed E-state index contributed by atoms with van der Waals surface area (Å²) in [6.45, 7) is 3.61. The fourth-order valence-electron chi connectivity index (χ4n) is 2.81. The number of carbonyl (C=O) groups is 1. The fraction of sp³-hybridized carbons (Fsp3) is 0.222. The van der Waals surface area contributed by atoms with Gasteiger partial charge in [0.05, 0.1) is 21.3 Å². The largest absolute Gasteiger partial charge is 0.464 e. The molecular weight excluding hydrogens is 322 g/mol. The second-order valence-corrected chi connectivity index (χ2v) is 5.69. The monoisotopic (exact) mass is 339 g/mol. The molecule has 0 fully saturated rings. The number of nitro groups is 1. The molecule has 0 saturated heterocycles. The molecule has 0 unspecified atom stereocenters. The number of aryl methyl sites for hydroxylation is 1. The zero-order chi connectivity index (χ0) is 18.0. The highest BCUT2D eigenvalue weighted by atomic mass is 16.6. The van der Waals surface area contributed by atoms with Crippen molar-refractivity contribution in [2.45, 2.75) is 13.8 Å². The molecule has 0 saturated carbocycles. The van der Waals surface area contributed by atoms with E-state index in [0.29, 0.717) is 16.6 Å². The minimum atomic E-state index is -0.410. The van der Waals surface area contributed by atoms with Gasteiger partial charge in [-0.2, -0.15) is 0 Å². The Bertz CT molecular complexity index is 985. The van der Waals surface area contributed by atoms with Crippen LogP contribution in [0.2, 0.25) is 0 Å². The predicted molar refractivity (Wildman–Crippen MR) is 95.8 cm³/mol. The van der Waals surface area contributed by atoms with Gasteiger partial charge in [0.2, 0.25) is 0 Å². The molecule has 0 radical (unpaired) electrons. The molecule has 3 rings (SSSR count). The van der Waals surface area contributed by atoms with Gasteiger partial charge in [0, 0.05) is 18.9 Å². The number of esters is 1. The van der Waals surface area contributed by atoms with Crippen LogP contribution in [0.4, 0.5) is 11.4 Å². The van der Waals surface area contributed by atoms with E-state index in [-0.39, 0.29) is 24.8 Å². The molecule has 0 aliphatic heterocycles. The van der Waals surface area contributed by atoms with Gasteiger partial charge in [0.1, 0.15) is 12.3 Å². The molecule has 0 spiro atoms. The van der Waals surface area contributed by atoms with Crippen LogP contribution in [0.15, 0.2) is 36.4 Å². The van der Waals surface area contributed by atoms with Gasteiger partial charge in [0.25, 0.3) is 0 Å². The third-order valence-corrected chi connectivity index (χ3v) is 3.87. The molecule has 0 aliphatic rings. The van der Waals surface area contributed by atoms with E-state index in [1.165, 1.54) is 6.92 Å². The first-order valence-corrected chi connectivity index (χ1v) is 7.82. The number of rotatable bonds is 5. The number of fused-ring (bicyclic) bond motifs is 2. The zero-order valence-electron chi connectivity index (χ0n) is 13.9. The number of carbonyl (C=O) groups excluding carboxylic acids is 1. The molecule has 1 aromatic heterocycles. The predicted octanol–water partition coefficient (Wildman–Crippen LogP) is 3.58. The Morgan fingerprint density at radius 2 is 2.08 bits per heavy atom. The number of hydrogen-bond acceptors (Lipinski definition) is 6. The molecule has 128 valence electrons. The Morgan fingerprint density at radius 1 is 1.32 bits per heavy atom. The maximum absolute atomic E-state index is 11.7. The maximum atomic E-state index is 11.7. The van der Waals surface area contributed by atoms with Crippen molar-refractivity contribution in [2.24, 2.45) is 0 Å². The summed E-state index contributed by atoms with van der Waals surface area (Å²) >= 11 is 0. The molecular formula is C18H17N3O4. The SMILES string of the molecule is CC(=O)OCCNc1cc(C)c2nc3ccccc3cc2c1[N+](=O)[O-]. The summed E-state index contributed by atoms with van der Waals surface area (Å²) in [5.41, 5.74) is 2.60. The van der Waals surface area contributed by atoms with Crippen molar-refractivity contribution >= 4 is 39.1 Å². The van der Waals surface area contributed by atoms with E-state index in [4.69, 9.17) is 4.74 Å². The van der Waals surface area contributed by atoms with Crippen molar-refractivity contribution in [3.63, 3.8) is 0 Å². The summed E-state index contributed by atoms with van der Waals surface area (Å²) in [5, 5.41) is 16.0. The Balaban J connectivity index is 2.10. The normalized spacial score (nSPS) is 10.8. The molecule has 1 N–H and O–H groups in total. The van der Waals surface area contributed by atoms with Crippen LogP contribution in [-0.4, -0.2) is 29.0 Å². The number of hydrogen-bond donors (Lipinski definition) is 1. The highest BCUT2D eigenvalue weighted by Crippen LogP contribution is 2.36. The lowest BCUT2D eigenvalue weighted by atomic mass is 10.0. The number of anilines is 1. The highest BCUT2D eigenvalue weighted by Gasteiger charge is 2.21. The van der Waals surface area contributed by atoms with Crippen molar-refractivity contribution in [1.29, 1.82) is 0 Å². The van der Waals surface area contributed by atoms with Crippen LogP contribution in [-0.2, 0) is 9.53 Å². The molecule has 0 aliphatic carbocycles. The number of pyridine rings is 1. The summed E-state index contributed by atoms with van der Waals surface area (Å²) in [6, 6.07) is 11.0. The van der Waals surface area contributed by atoms with Crippen LogP contribution < -0.4 is 5.32 Å². The first kappa shape index (κ1) is 16.6. The average Bonchev–Trinajstić information content (AvgIpc) is 2.57. The molecule has 1 heterocycles. The van der Waals surface area contributed by atoms with Crippen LogP contribution in [0.1, 0.15) is 12.5 Å². The molecule has 0 bridgehead atoms. The van der Waals surface area contributed by atoms with E-state index in [0.717, 1.165) is 16.5 Å². The van der Waals surface area contributed by atoms with Gasteiger partial charge in [-0.05, 0) is 30.7 Å². The standard InChI is InChI=1S/C18H17N3O4/c1-11-9-16(19-7-8-25-12(2)22)18(21(23)24)14-10-13-5-3-4-6-15(13)20-17(11)14/h3-6,9-10,19H,7-8H2,1-2H3. The summed E-state index contributed by atoms with van der Waals surface area (Å²) < 4.78 is 4.86. The average molecular weight is 339 g/mol. The molecule has 0 amide bonds. The van der Waals surface area contributed by atoms with Crippen LogP contribution >= 0.6 is 0 Å². The van der Waals surface area contributed by atoms with Gasteiger partial charge in [0.15, 0.2) is 0 Å². The fourth-order valence-corrected chi connectivity index (χ4v) is 2.81. The molecule has 7 heteroatoms. The lowest BCUT2D eigenvalue weighted by Gasteiger charge is -2.12. The van der Waals surface area contributed by atoms with Gasteiger partial charge in [-0.15, -0.1) is 0 Å². The van der Waals surface area contributed by atoms with Crippen LogP contribution in [0.25, 0.3) is 21.8 Å². The Kier molecular flexibility index (Phi) is 4.47. The van der Waals surface area contributed by atoms with Crippen LogP contribution in [0.5, 0.6) is 0 Å². The molecule has 3 aromatic rings. The quantitative estimate of drug-likeness (QED) is 0.251. The second kappa shape index (κ2) is 6.72. The van der Waals surface area contributed by atoms with Crippen LogP contribution in [0.3, 0.4) is 0 Å². The Morgan fingerprint density at radius 3 is 2.80 bits per heavy atom. The maximum Gasteiger partial charge on any atom is 0.302 e. The van der Waals surface area contributed by atoms with Crippen molar-refractivity contribution in [1.82, 2.24) is 4.98 Å². The number of benzene rings is 2. The minimum Gasteiger partial charge on any atom is -0.464 e. The van der Waals surface area contributed by atoms with E-state index in [1.807, 2.05) is 31.2 Å². The van der Waals surface area contributed by atoms with Crippen molar-refractivity contribution in [3.05, 3.63) is 52.1 Å². The van der Waals surface area contributed by atoms with E-state index in [2.05, 4.69) is 10.3 Å².